The fourth-order valence-corrected chi connectivity index (χ4v) is 3.51. The number of aryl methyl sites for hydroxylation is 2. The van der Waals surface area contributed by atoms with E-state index in [0.29, 0.717) is 11.9 Å². The first-order valence-electron chi connectivity index (χ1n) is 7.08. The van der Waals surface area contributed by atoms with Crippen LogP contribution >= 0.6 is 11.6 Å². The molecule has 1 saturated carbocycles. The predicted molar refractivity (Wildman–Crippen MR) is 77.5 cm³/mol. The van der Waals surface area contributed by atoms with Crippen molar-refractivity contribution in [1.29, 1.82) is 0 Å². The topological polar surface area (TPSA) is 35.6 Å². The average molecular weight is 281 g/mol. The largest absolute Gasteiger partial charge is 0.309 e. The number of hydrogen-bond acceptors (Lipinski definition) is 2. The summed E-state index contributed by atoms with van der Waals surface area (Å²) in [6.45, 7) is 4.36. The van der Waals surface area contributed by atoms with Gasteiger partial charge in [0.15, 0.2) is 5.65 Å². The molecule has 1 fully saturated rings. The molecule has 2 aromatic rings. The number of halogens is 1. The monoisotopic (exact) mass is 280 g/mol. The first-order chi connectivity index (χ1) is 9.11. The summed E-state index contributed by atoms with van der Waals surface area (Å²) in [6, 6.07) is 0.532. The summed E-state index contributed by atoms with van der Waals surface area (Å²) in [5.41, 5.74) is 3.14. The fraction of sp³-hybridized carbons (Fsp3) is 0.714. The van der Waals surface area contributed by atoms with Gasteiger partial charge in [0.2, 0.25) is 0 Å². The summed E-state index contributed by atoms with van der Waals surface area (Å²) < 4.78 is 4.29. The molecule has 0 aliphatic heterocycles. The molecule has 0 N–H and O–H groups in total. The zero-order valence-electron chi connectivity index (χ0n) is 11.9. The number of imidazole rings is 1. The number of aromatic nitrogens is 4. The Morgan fingerprint density at radius 3 is 2.58 bits per heavy atom. The van der Waals surface area contributed by atoms with Crippen LogP contribution in [-0.4, -0.2) is 19.3 Å². The molecule has 2 aromatic heterocycles. The number of alkyl halides is 1. The van der Waals surface area contributed by atoms with Crippen molar-refractivity contribution in [2.75, 3.05) is 0 Å². The molecule has 0 saturated heterocycles. The van der Waals surface area contributed by atoms with Crippen molar-refractivity contribution in [2.24, 2.45) is 13.0 Å². The van der Waals surface area contributed by atoms with Crippen LogP contribution in [-0.2, 0) is 12.9 Å². The molecule has 0 unspecified atom stereocenters. The first kappa shape index (κ1) is 13.0. The van der Waals surface area contributed by atoms with Gasteiger partial charge in [-0.3, -0.25) is 4.68 Å². The molecule has 5 heteroatoms. The van der Waals surface area contributed by atoms with Gasteiger partial charge in [0, 0.05) is 13.1 Å². The lowest BCUT2D eigenvalue weighted by Gasteiger charge is -2.28. The summed E-state index contributed by atoms with van der Waals surface area (Å²) >= 11 is 6.10. The second-order valence-electron chi connectivity index (χ2n) is 5.83. The lowest BCUT2D eigenvalue weighted by molar-refractivity contribution is 0.288. The van der Waals surface area contributed by atoms with Gasteiger partial charge in [0.05, 0.1) is 11.6 Å². The van der Waals surface area contributed by atoms with E-state index in [1.807, 2.05) is 18.7 Å². The van der Waals surface area contributed by atoms with E-state index in [2.05, 4.69) is 16.6 Å². The van der Waals surface area contributed by atoms with E-state index in [1.54, 1.807) is 0 Å². The number of rotatable bonds is 2. The Balaban J connectivity index is 2.10. The van der Waals surface area contributed by atoms with Crippen LogP contribution in [0.15, 0.2) is 0 Å². The van der Waals surface area contributed by atoms with Crippen LogP contribution in [0.5, 0.6) is 0 Å². The average Bonchev–Trinajstić information content (AvgIpc) is 2.90. The third-order valence-electron chi connectivity index (χ3n) is 4.38. The highest BCUT2D eigenvalue weighted by Crippen LogP contribution is 2.35. The molecule has 3 rings (SSSR count). The number of nitrogens with zero attached hydrogens (tertiary/aromatic N) is 4. The van der Waals surface area contributed by atoms with Crippen LogP contribution in [0.4, 0.5) is 0 Å². The molecular formula is C14H21ClN4. The molecule has 19 heavy (non-hydrogen) atoms. The molecule has 0 aromatic carbocycles. The molecule has 4 nitrogen and oxygen atoms in total. The van der Waals surface area contributed by atoms with Crippen LogP contribution in [0.1, 0.15) is 50.2 Å². The van der Waals surface area contributed by atoms with Gasteiger partial charge in [-0.1, -0.05) is 6.92 Å². The highest BCUT2D eigenvalue weighted by Gasteiger charge is 2.26. The van der Waals surface area contributed by atoms with Gasteiger partial charge in [0.1, 0.15) is 11.3 Å². The molecule has 1 aliphatic carbocycles. The Kier molecular flexibility index (Phi) is 3.29. The lowest BCUT2D eigenvalue weighted by Crippen LogP contribution is -2.19. The zero-order chi connectivity index (χ0) is 13.6. The van der Waals surface area contributed by atoms with Crippen LogP contribution < -0.4 is 0 Å². The second-order valence-corrected chi connectivity index (χ2v) is 6.09. The van der Waals surface area contributed by atoms with Gasteiger partial charge < -0.3 is 4.57 Å². The van der Waals surface area contributed by atoms with Crippen molar-refractivity contribution in [1.82, 2.24) is 19.3 Å². The van der Waals surface area contributed by atoms with Crippen molar-refractivity contribution in [3.8, 4) is 0 Å². The Bertz CT molecular complexity index is 590. The Morgan fingerprint density at radius 1 is 1.26 bits per heavy atom. The summed E-state index contributed by atoms with van der Waals surface area (Å²) in [7, 11) is 2.00. The van der Waals surface area contributed by atoms with Gasteiger partial charge in [-0.15, -0.1) is 11.6 Å². The maximum atomic E-state index is 6.10. The van der Waals surface area contributed by atoms with Crippen LogP contribution in [0.3, 0.4) is 0 Å². The summed E-state index contributed by atoms with van der Waals surface area (Å²) in [4.78, 5) is 4.69. The molecule has 104 valence electrons. The SMILES string of the molecule is Cc1nn(C)c2c1nc(CCl)n2C1CCC(C)CC1. The molecule has 0 bridgehead atoms. The maximum absolute atomic E-state index is 6.10. The van der Waals surface area contributed by atoms with Crippen molar-refractivity contribution in [2.45, 2.75) is 51.5 Å². The predicted octanol–water partition coefficient (Wildman–Crippen LogP) is 3.57. The highest BCUT2D eigenvalue weighted by molar-refractivity contribution is 6.16. The fourth-order valence-electron chi connectivity index (χ4n) is 3.32. The van der Waals surface area contributed by atoms with E-state index in [1.165, 1.54) is 25.7 Å². The Hall–Kier alpha value is -1.03. The molecule has 1 aliphatic rings. The first-order valence-corrected chi connectivity index (χ1v) is 7.61. The highest BCUT2D eigenvalue weighted by atomic mass is 35.5. The zero-order valence-corrected chi connectivity index (χ0v) is 12.6. The molecule has 2 heterocycles. The molecule has 0 amide bonds. The van der Waals surface area contributed by atoms with E-state index in [4.69, 9.17) is 16.6 Å². The summed E-state index contributed by atoms with van der Waals surface area (Å²) in [6.07, 6.45) is 5.04. The summed E-state index contributed by atoms with van der Waals surface area (Å²) in [5, 5.41) is 4.49. The Labute approximate surface area is 118 Å². The van der Waals surface area contributed by atoms with Crippen molar-refractivity contribution < 1.29 is 0 Å². The van der Waals surface area contributed by atoms with E-state index in [9.17, 15) is 0 Å². The standard InChI is InChI=1S/C14H21ClN4/c1-9-4-6-11(7-5-9)19-12(8-15)16-13-10(2)17-18(3)14(13)19/h9,11H,4-8H2,1-3H3. The minimum atomic E-state index is 0.472. The lowest BCUT2D eigenvalue weighted by atomic mass is 9.87. The van der Waals surface area contributed by atoms with E-state index in [-0.39, 0.29) is 0 Å². The van der Waals surface area contributed by atoms with E-state index in [0.717, 1.165) is 28.6 Å². The minimum Gasteiger partial charge on any atom is -0.309 e. The molecule has 0 spiro atoms. The third-order valence-corrected chi connectivity index (χ3v) is 4.62. The van der Waals surface area contributed by atoms with E-state index >= 15 is 0 Å². The summed E-state index contributed by atoms with van der Waals surface area (Å²) in [5.74, 6) is 2.32. The van der Waals surface area contributed by atoms with Gasteiger partial charge in [-0.2, -0.15) is 5.10 Å². The van der Waals surface area contributed by atoms with Crippen LogP contribution in [0, 0.1) is 12.8 Å². The maximum Gasteiger partial charge on any atom is 0.158 e. The minimum absolute atomic E-state index is 0.472. The van der Waals surface area contributed by atoms with Crippen molar-refractivity contribution in [3.05, 3.63) is 11.5 Å². The van der Waals surface area contributed by atoms with Gasteiger partial charge >= 0.3 is 0 Å². The van der Waals surface area contributed by atoms with Gasteiger partial charge in [-0.25, -0.2) is 4.98 Å². The van der Waals surface area contributed by atoms with Crippen LogP contribution in [0.2, 0.25) is 0 Å². The Morgan fingerprint density at radius 2 is 1.95 bits per heavy atom. The van der Waals surface area contributed by atoms with Gasteiger partial charge in [-0.05, 0) is 38.5 Å². The van der Waals surface area contributed by atoms with Crippen molar-refractivity contribution >= 4 is 22.8 Å². The van der Waals surface area contributed by atoms with Crippen LogP contribution in [0.25, 0.3) is 11.2 Å². The molecular weight excluding hydrogens is 260 g/mol. The smallest absolute Gasteiger partial charge is 0.158 e. The normalized spacial score (nSPS) is 24.2. The van der Waals surface area contributed by atoms with Gasteiger partial charge in [0.25, 0.3) is 0 Å². The van der Waals surface area contributed by atoms with Crippen molar-refractivity contribution in [3.63, 3.8) is 0 Å². The third kappa shape index (κ3) is 2.06. The quantitative estimate of drug-likeness (QED) is 0.789. The second kappa shape index (κ2) is 4.82. The number of fused-ring (bicyclic) bond motifs is 1. The molecule has 0 atom stereocenters. The number of hydrogen-bond donors (Lipinski definition) is 0. The van der Waals surface area contributed by atoms with E-state index < -0.39 is 0 Å². The molecule has 0 radical (unpaired) electrons.